The zero-order valence-corrected chi connectivity index (χ0v) is 11.1. The summed E-state index contributed by atoms with van der Waals surface area (Å²) in [6, 6.07) is 0.600. The van der Waals surface area contributed by atoms with Crippen molar-refractivity contribution in [1.82, 2.24) is 9.55 Å². The van der Waals surface area contributed by atoms with E-state index in [1.54, 1.807) is 0 Å². The standard InChI is InChI=1S/C14H24N2O/c1-10(2)6-11(3)7-14(17)13-8-15-9-16(13)12-4-5-12/h8-12,14,17H,4-7H2,1-3H3. The van der Waals surface area contributed by atoms with Gasteiger partial charge in [0.05, 0.1) is 24.3 Å². The Kier molecular flexibility index (Phi) is 3.87. The molecule has 0 saturated heterocycles. The third-order valence-corrected chi connectivity index (χ3v) is 3.48. The van der Waals surface area contributed by atoms with E-state index in [1.165, 1.54) is 19.3 Å². The van der Waals surface area contributed by atoms with Crippen molar-refractivity contribution in [2.45, 2.75) is 58.6 Å². The molecule has 2 rings (SSSR count). The van der Waals surface area contributed by atoms with Crippen molar-refractivity contribution in [3.8, 4) is 0 Å². The van der Waals surface area contributed by atoms with E-state index in [9.17, 15) is 5.11 Å². The van der Waals surface area contributed by atoms with Crippen LogP contribution >= 0.6 is 0 Å². The Morgan fingerprint density at radius 1 is 1.35 bits per heavy atom. The highest BCUT2D eigenvalue weighted by atomic mass is 16.3. The molecule has 0 bridgehead atoms. The van der Waals surface area contributed by atoms with Crippen LogP contribution in [0.3, 0.4) is 0 Å². The zero-order valence-electron chi connectivity index (χ0n) is 11.1. The molecule has 3 heteroatoms. The largest absolute Gasteiger partial charge is 0.387 e. The molecule has 0 spiro atoms. The molecule has 1 aliphatic rings. The van der Waals surface area contributed by atoms with E-state index in [2.05, 4.69) is 30.3 Å². The molecule has 0 aromatic carbocycles. The molecular formula is C14H24N2O. The molecule has 17 heavy (non-hydrogen) atoms. The van der Waals surface area contributed by atoms with Crippen LogP contribution in [0.1, 0.15) is 64.3 Å². The zero-order chi connectivity index (χ0) is 12.4. The Balaban J connectivity index is 1.94. The Morgan fingerprint density at radius 3 is 2.65 bits per heavy atom. The Morgan fingerprint density at radius 2 is 2.06 bits per heavy atom. The van der Waals surface area contributed by atoms with E-state index < -0.39 is 0 Å². The van der Waals surface area contributed by atoms with Gasteiger partial charge in [0.15, 0.2) is 0 Å². The molecule has 3 nitrogen and oxygen atoms in total. The van der Waals surface area contributed by atoms with Crippen LogP contribution in [-0.4, -0.2) is 14.7 Å². The highest BCUT2D eigenvalue weighted by Gasteiger charge is 2.27. The fraction of sp³-hybridized carbons (Fsp3) is 0.786. The summed E-state index contributed by atoms with van der Waals surface area (Å²) in [5.74, 6) is 1.26. The van der Waals surface area contributed by atoms with Gasteiger partial charge in [0.1, 0.15) is 0 Å². The average molecular weight is 236 g/mol. The van der Waals surface area contributed by atoms with Crippen LogP contribution in [-0.2, 0) is 0 Å². The normalized spacial score (nSPS) is 19.6. The summed E-state index contributed by atoms with van der Waals surface area (Å²) in [4.78, 5) is 4.18. The summed E-state index contributed by atoms with van der Waals surface area (Å²) in [7, 11) is 0. The van der Waals surface area contributed by atoms with Crippen molar-refractivity contribution < 1.29 is 5.11 Å². The van der Waals surface area contributed by atoms with Crippen molar-refractivity contribution in [1.29, 1.82) is 0 Å². The lowest BCUT2D eigenvalue weighted by molar-refractivity contribution is 0.133. The van der Waals surface area contributed by atoms with Gasteiger partial charge >= 0.3 is 0 Å². The number of aromatic nitrogens is 2. The summed E-state index contributed by atoms with van der Waals surface area (Å²) < 4.78 is 2.16. The first-order valence-corrected chi connectivity index (χ1v) is 6.77. The van der Waals surface area contributed by atoms with Crippen molar-refractivity contribution in [3.05, 3.63) is 18.2 Å². The van der Waals surface area contributed by atoms with Crippen molar-refractivity contribution >= 4 is 0 Å². The van der Waals surface area contributed by atoms with E-state index >= 15 is 0 Å². The molecule has 0 amide bonds. The van der Waals surface area contributed by atoms with E-state index in [0.29, 0.717) is 17.9 Å². The van der Waals surface area contributed by atoms with E-state index in [4.69, 9.17) is 0 Å². The minimum Gasteiger partial charge on any atom is -0.387 e. The van der Waals surface area contributed by atoms with Crippen LogP contribution in [0.2, 0.25) is 0 Å². The lowest BCUT2D eigenvalue weighted by Gasteiger charge is -2.19. The fourth-order valence-electron chi connectivity index (χ4n) is 2.63. The minimum atomic E-state index is -0.355. The number of hydrogen-bond acceptors (Lipinski definition) is 2. The van der Waals surface area contributed by atoms with Crippen LogP contribution in [0.15, 0.2) is 12.5 Å². The lowest BCUT2D eigenvalue weighted by atomic mass is 9.93. The van der Waals surface area contributed by atoms with Crippen LogP contribution in [0.4, 0.5) is 0 Å². The lowest BCUT2D eigenvalue weighted by Crippen LogP contribution is -2.10. The van der Waals surface area contributed by atoms with Crippen LogP contribution in [0.5, 0.6) is 0 Å². The quantitative estimate of drug-likeness (QED) is 0.822. The predicted molar refractivity (Wildman–Crippen MR) is 68.7 cm³/mol. The summed E-state index contributed by atoms with van der Waals surface area (Å²) in [5.41, 5.74) is 1.00. The molecule has 0 radical (unpaired) electrons. The van der Waals surface area contributed by atoms with E-state index in [1.807, 2.05) is 12.5 Å². The van der Waals surface area contributed by atoms with Crippen molar-refractivity contribution in [3.63, 3.8) is 0 Å². The summed E-state index contributed by atoms with van der Waals surface area (Å²) in [6.07, 6.45) is 7.82. The smallest absolute Gasteiger partial charge is 0.0958 e. The summed E-state index contributed by atoms with van der Waals surface area (Å²) in [5, 5.41) is 10.3. The Bertz CT molecular complexity index is 355. The third kappa shape index (κ3) is 3.32. The maximum absolute atomic E-state index is 10.3. The number of rotatable bonds is 6. The molecule has 1 aromatic rings. The van der Waals surface area contributed by atoms with Crippen LogP contribution < -0.4 is 0 Å². The first kappa shape index (κ1) is 12.6. The van der Waals surface area contributed by atoms with Gasteiger partial charge in [0.25, 0.3) is 0 Å². The van der Waals surface area contributed by atoms with Crippen LogP contribution in [0, 0.1) is 11.8 Å². The summed E-state index contributed by atoms with van der Waals surface area (Å²) in [6.45, 7) is 6.69. The van der Waals surface area contributed by atoms with Gasteiger partial charge < -0.3 is 9.67 Å². The monoisotopic (exact) mass is 236 g/mol. The molecule has 2 atom stereocenters. The second kappa shape index (κ2) is 5.21. The number of imidazole rings is 1. The highest BCUT2D eigenvalue weighted by molar-refractivity contribution is 5.07. The first-order valence-electron chi connectivity index (χ1n) is 6.77. The van der Waals surface area contributed by atoms with Crippen LogP contribution in [0.25, 0.3) is 0 Å². The topological polar surface area (TPSA) is 38.1 Å². The predicted octanol–water partition coefficient (Wildman–Crippen LogP) is 3.32. The summed E-state index contributed by atoms with van der Waals surface area (Å²) >= 11 is 0. The number of nitrogens with zero attached hydrogens (tertiary/aromatic N) is 2. The minimum absolute atomic E-state index is 0.355. The molecule has 0 aliphatic heterocycles. The molecule has 96 valence electrons. The molecule has 1 fully saturated rings. The molecule has 1 aromatic heterocycles. The van der Waals surface area contributed by atoms with Gasteiger partial charge in [0, 0.05) is 6.04 Å². The average Bonchev–Trinajstić information content (AvgIpc) is 2.94. The molecular weight excluding hydrogens is 212 g/mol. The van der Waals surface area contributed by atoms with Crippen molar-refractivity contribution in [2.24, 2.45) is 11.8 Å². The van der Waals surface area contributed by atoms with Gasteiger partial charge in [0.2, 0.25) is 0 Å². The number of hydrogen-bond donors (Lipinski definition) is 1. The molecule has 1 saturated carbocycles. The fourth-order valence-corrected chi connectivity index (χ4v) is 2.63. The first-order chi connectivity index (χ1) is 8.08. The maximum atomic E-state index is 10.3. The van der Waals surface area contributed by atoms with Gasteiger partial charge in [-0.25, -0.2) is 4.98 Å². The second-order valence-electron chi connectivity index (χ2n) is 5.94. The van der Waals surface area contributed by atoms with Gasteiger partial charge in [-0.05, 0) is 37.5 Å². The number of aliphatic hydroxyl groups is 1. The Labute approximate surface area is 104 Å². The van der Waals surface area contributed by atoms with Gasteiger partial charge in [-0.15, -0.1) is 0 Å². The molecule has 1 heterocycles. The molecule has 1 N–H and O–H groups in total. The van der Waals surface area contributed by atoms with Gasteiger partial charge in [-0.3, -0.25) is 0 Å². The molecule has 2 unspecified atom stereocenters. The van der Waals surface area contributed by atoms with Crippen molar-refractivity contribution in [2.75, 3.05) is 0 Å². The van der Waals surface area contributed by atoms with E-state index in [0.717, 1.165) is 12.1 Å². The maximum Gasteiger partial charge on any atom is 0.0958 e. The highest BCUT2D eigenvalue weighted by Crippen LogP contribution is 2.37. The third-order valence-electron chi connectivity index (χ3n) is 3.48. The second-order valence-corrected chi connectivity index (χ2v) is 5.94. The Hall–Kier alpha value is -0.830. The molecule has 1 aliphatic carbocycles. The van der Waals surface area contributed by atoms with Gasteiger partial charge in [-0.1, -0.05) is 20.8 Å². The van der Waals surface area contributed by atoms with Gasteiger partial charge in [-0.2, -0.15) is 0 Å². The van der Waals surface area contributed by atoms with E-state index in [-0.39, 0.29) is 6.10 Å². The SMILES string of the molecule is CC(C)CC(C)CC(O)c1cncn1C1CC1. The number of aliphatic hydroxyl groups excluding tert-OH is 1.